The number of rotatable bonds is 3. The Morgan fingerprint density at radius 1 is 1.14 bits per heavy atom. The van der Waals surface area contributed by atoms with Gasteiger partial charge in [0.05, 0.1) is 41.0 Å². The summed E-state index contributed by atoms with van der Waals surface area (Å²) in [5.41, 5.74) is 0.0636. The SMILES string of the molecule is CC1CN(C(=O)C(=O)Nc2cc(S(=O)(=O)N3CCOCC3)ccc2Cl)CC(C)O1. The standard InChI is InChI=1S/C18H24ClN3O6S/c1-12-10-21(11-13(2)28-12)18(24)17(23)20-16-9-14(3-4-15(16)19)29(25,26)22-5-7-27-8-6-22/h3-4,9,12-13H,5-8,10-11H2,1-2H3,(H,20,23). The zero-order chi connectivity index (χ0) is 21.2. The number of carbonyl (C=O) groups excluding carboxylic acids is 2. The predicted molar refractivity (Wildman–Crippen MR) is 106 cm³/mol. The van der Waals surface area contributed by atoms with Crippen LogP contribution in [0.1, 0.15) is 13.8 Å². The van der Waals surface area contributed by atoms with Gasteiger partial charge in [0.1, 0.15) is 0 Å². The van der Waals surface area contributed by atoms with E-state index in [9.17, 15) is 18.0 Å². The quantitative estimate of drug-likeness (QED) is 0.694. The Labute approximate surface area is 174 Å². The maximum atomic E-state index is 12.8. The van der Waals surface area contributed by atoms with Crippen LogP contribution in [0.25, 0.3) is 0 Å². The lowest BCUT2D eigenvalue weighted by atomic mass is 10.2. The average Bonchev–Trinajstić information content (AvgIpc) is 2.68. The first kappa shape index (κ1) is 22.0. The number of morpholine rings is 2. The fraction of sp³-hybridized carbons (Fsp3) is 0.556. The van der Waals surface area contributed by atoms with Crippen molar-refractivity contribution in [3.05, 3.63) is 23.2 Å². The molecule has 2 saturated heterocycles. The van der Waals surface area contributed by atoms with Crippen molar-refractivity contribution in [2.45, 2.75) is 31.0 Å². The van der Waals surface area contributed by atoms with Crippen LogP contribution >= 0.6 is 11.6 Å². The molecule has 0 aliphatic carbocycles. The third-order valence-electron chi connectivity index (χ3n) is 4.69. The van der Waals surface area contributed by atoms with Crippen molar-refractivity contribution in [1.82, 2.24) is 9.21 Å². The van der Waals surface area contributed by atoms with Crippen molar-refractivity contribution in [2.75, 3.05) is 44.7 Å². The van der Waals surface area contributed by atoms with Crippen molar-refractivity contribution in [2.24, 2.45) is 0 Å². The number of nitrogens with one attached hydrogen (secondary N) is 1. The highest BCUT2D eigenvalue weighted by Crippen LogP contribution is 2.27. The van der Waals surface area contributed by atoms with Gasteiger partial charge in [0.15, 0.2) is 0 Å². The van der Waals surface area contributed by atoms with Gasteiger partial charge in [0, 0.05) is 26.2 Å². The molecular formula is C18H24ClN3O6S. The average molecular weight is 446 g/mol. The first-order chi connectivity index (χ1) is 13.7. The number of amides is 2. The first-order valence-corrected chi connectivity index (χ1v) is 11.1. The summed E-state index contributed by atoms with van der Waals surface area (Å²) < 4.78 is 37.7. The predicted octanol–water partition coefficient (Wildman–Crippen LogP) is 0.935. The minimum absolute atomic E-state index is 0.0137. The van der Waals surface area contributed by atoms with E-state index in [1.807, 2.05) is 13.8 Å². The number of benzene rings is 1. The summed E-state index contributed by atoms with van der Waals surface area (Å²) in [6.45, 7) is 5.39. The van der Waals surface area contributed by atoms with Gasteiger partial charge in [-0.3, -0.25) is 9.59 Å². The first-order valence-electron chi connectivity index (χ1n) is 9.31. The van der Waals surface area contributed by atoms with Crippen molar-refractivity contribution in [1.29, 1.82) is 0 Å². The summed E-state index contributed by atoms with van der Waals surface area (Å²) >= 11 is 6.12. The van der Waals surface area contributed by atoms with E-state index in [2.05, 4.69) is 5.32 Å². The van der Waals surface area contributed by atoms with Gasteiger partial charge >= 0.3 is 11.8 Å². The van der Waals surface area contributed by atoms with Crippen LogP contribution in [0.3, 0.4) is 0 Å². The molecule has 1 aromatic carbocycles. The monoisotopic (exact) mass is 445 g/mol. The fourth-order valence-corrected chi connectivity index (χ4v) is 4.96. The van der Waals surface area contributed by atoms with Crippen molar-refractivity contribution >= 4 is 39.1 Å². The molecule has 0 radical (unpaired) electrons. The van der Waals surface area contributed by atoms with Crippen LogP contribution in [0.2, 0.25) is 5.02 Å². The summed E-state index contributed by atoms with van der Waals surface area (Å²) in [4.78, 5) is 26.4. The van der Waals surface area contributed by atoms with Crippen LogP contribution in [-0.2, 0) is 29.1 Å². The van der Waals surface area contributed by atoms with Crippen molar-refractivity contribution < 1.29 is 27.5 Å². The van der Waals surface area contributed by atoms with Gasteiger partial charge in [0.2, 0.25) is 10.0 Å². The number of hydrogen-bond donors (Lipinski definition) is 1. The zero-order valence-electron chi connectivity index (χ0n) is 16.3. The molecule has 1 N–H and O–H groups in total. The maximum absolute atomic E-state index is 12.8. The van der Waals surface area contributed by atoms with Crippen LogP contribution in [0.5, 0.6) is 0 Å². The molecule has 2 atom stereocenters. The summed E-state index contributed by atoms with van der Waals surface area (Å²) in [6.07, 6.45) is -0.359. The highest BCUT2D eigenvalue weighted by atomic mass is 35.5. The topological polar surface area (TPSA) is 105 Å². The molecule has 1 aromatic rings. The second kappa shape index (κ2) is 8.97. The molecule has 0 aromatic heterocycles. The molecule has 3 rings (SSSR count). The van der Waals surface area contributed by atoms with Gasteiger partial charge < -0.3 is 19.7 Å². The Morgan fingerprint density at radius 3 is 2.38 bits per heavy atom. The lowest BCUT2D eigenvalue weighted by Crippen LogP contribution is -2.51. The van der Waals surface area contributed by atoms with E-state index in [0.717, 1.165) is 0 Å². The highest BCUT2D eigenvalue weighted by Gasteiger charge is 2.31. The van der Waals surface area contributed by atoms with E-state index in [0.29, 0.717) is 26.3 Å². The second-order valence-electron chi connectivity index (χ2n) is 7.08. The molecule has 2 fully saturated rings. The molecule has 29 heavy (non-hydrogen) atoms. The Morgan fingerprint density at radius 2 is 1.76 bits per heavy atom. The third kappa shape index (κ3) is 5.07. The highest BCUT2D eigenvalue weighted by molar-refractivity contribution is 7.89. The van der Waals surface area contributed by atoms with Gasteiger partial charge in [-0.05, 0) is 32.0 Å². The van der Waals surface area contributed by atoms with E-state index in [1.165, 1.54) is 27.4 Å². The van der Waals surface area contributed by atoms with E-state index < -0.39 is 21.8 Å². The molecule has 160 valence electrons. The van der Waals surface area contributed by atoms with Gasteiger partial charge in [0.25, 0.3) is 0 Å². The molecule has 0 spiro atoms. The number of carbonyl (C=O) groups is 2. The second-order valence-corrected chi connectivity index (χ2v) is 9.42. The maximum Gasteiger partial charge on any atom is 0.313 e. The molecule has 2 amide bonds. The fourth-order valence-electron chi connectivity index (χ4n) is 3.36. The molecule has 9 nitrogen and oxygen atoms in total. The van der Waals surface area contributed by atoms with Crippen molar-refractivity contribution in [3.8, 4) is 0 Å². The molecular weight excluding hydrogens is 422 g/mol. The normalized spacial score (nSPS) is 23.6. The summed E-state index contributed by atoms with van der Waals surface area (Å²) in [5.74, 6) is -1.60. The van der Waals surface area contributed by atoms with E-state index >= 15 is 0 Å². The van der Waals surface area contributed by atoms with Gasteiger partial charge in [-0.2, -0.15) is 4.31 Å². The summed E-state index contributed by atoms with van der Waals surface area (Å²) in [5, 5.41) is 2.58. The molecule has 2 unspecified atom stereocenters. The molecule has 2 aliphatic heterocycles. The molecule has 11 heteroatoms. The van der Waals surface area contributed by atoms with Gasteiger partial charge in [-0.25, -0.2) is 8.42 Å². The van der Waals surface area contributed by atoms with Crippen LogP contribution in [0.15, 0.2) is 23.1 Å². The Balaban J connectivity index is 1.76. The number of hydrogen-bond acceptors (Lipinski definition) is 6. The molecule has 2 heterocycles. The number of nitrogens with zero attached hydrogens (tertiary/aromatic N) is 2. The van der Waals surface area contributed by atoms with Gasteiger partial charge in [-0.15, -0.1) is 0 Å². The van der Waals surface area contributed by atoms with Crippen molar-refractivity contribution in [3.63, 3.8) is 0 Å². The summed E-state index contributed by atoms with van der Waals surface area (Å²) in [6, 6.07) is 4.02. The number of ether oxygens (including phenoxy) is 2. The Kier molecular flexibility index (Phi) is 6.79. The minimum atomic E-state index is -3.76. The van der Waals surface area contributed by atoms with E-state index in [1.54, 1.807) is 0 Å². The van der Waals surface area contributed by atoms with Gasteiger partial charge in [-0.1, -0.05) is 11.6 Å². The third-order valence-corrected chi connectivity index (χ3v) is 6.92. The van der Waals surface area contributed by atoms with Crippen LogP contribution in [0, 0.1) is 0 Å². The van der Waals surface area contributed by atoms with E-state index in [-0.39, 0.29) is 40.9 Å². The van der Waals surface area contributed by atoms with Crippen LogP contribution in [0.4, 0.5) is 5.69 Å². The molecule has 0 bridgehead atoms. The van der Waals surface area contributed by atoms with Crippen LogP contribution in [-0.4, -0.2) is 81.0 Å². The lowest BCUT2D eigenvalue weighted by Gasteiger charge is -2.34. The smallest absolute Gasteiger partial charge is 0.313 e. The van der Waals surface area contributed by atoms with Crippen LogP contribution < -0.4 is 5.32 Å². The molecule has 2 aliphatic rings. The summed E-state index contributed by atoms with van der Waals surface area (Å²) in [7, 11) is -3.76. The largest absolute Gasteiger partial charge is 0.379 e. The Bertz CT molecular complexity index is 878. The molecule has 0 saturated carbocycles. The number of anilines is 1. The number of halogens is 1. The number of sulfonamides is 1. The zero-order valence-corrected chi connectivity index (χ0v) is 17.8. The minimum Gasteiger partial charge on any atom is -0.379 e. The lowest BCUT2D eigenvalue weighted by molar-refractivity contribution is -0.151. The van der Waals surface area contributed by atoms with E-state index in [4.69, 9.17) is 21.1 Å². The Hall–Kier alpha value is -1.72.